The number of carbonyl (C=O) groups excluding carboxylic acids is 2. The van der Waals surface area contributed by atoms with Gasteiger partial charge in [-0.25, -0.2) is 9.78 Å². The van der Waals surface area contributed by atoms with Crippen LogP contribution in [0.5, 0.6) is 17.2 Å². The van der Waals surface area contributed by atoms with E-state index < -0.39 is 11.9 Å². The van der Waals surface area contributed by atoms with Crippen molar-refractivity contribution < 1.29 is 28.9 Å². The Kier molecular flexibility index (Phi) is 8.17. The van der Waals surface area contributed by atoms with Gasteiger partial charge in [0.1, 0.15) is 18.1 Å². The Hall–Kier alpha value is -3.61. The number of benzene rings is 2. The summed E-state index contributed by atoms with van der Waals surface area (Å²) in [5.41, 5.74) is 0.0813. The molecule has 0 aliphatic rings. The minimum Gasteiger partial charge on any atom is -0.505 e. The zero-order valence-electron chi connectivity index (χ0n) is 17.5. The lowest BCUT2D eigenvalue weighted by molar-refractivity contribution is -0.142. The van der Waals surface area contributed by atoms with Crippen LogP contribution in [0, 0.1) is 0 Å². The van der Waals surface area contributed by atoms with Crippen molar-refractivity contribution in [3.63, 3.8) is 0 Å². The van der Waals surface area contributed by atoms with Crippen LogP contribution >= 0.6 is 0 Å². The highest BCUT2D eigenvalue weighted by molar-refractivity contribution is 6.00. The lowest BCUT2D eigenvalue weighted by atomic mass is 10.1. The number of rotatable bonds is 6. The summed E-state index contributed by atoms with van der Waals surface area (Å²) >= 11 is 0. The number of esters is 2. The molecule has 1 aromatic heterocycles. The van der Waals surface area contributed by atoms with Gasteiger partial charge in [-0.1, -0.05) is 32.0 Å². The molecule has 0 saturated carbocycles. The number of carbonyl (C=O) groups is 2. The minimum atomic E-state index is -0.754. The summed E-state index contributed by atoms with van der Waals surface area (Å²) in [6, 6.07) is 14.1. The Morgan fingerprint density at radius 1 is 0.967 bits per heavy atom. The van der Waals surface area contributed by atoms with E-state index in [1.807, 2.05) is 44.2 Å². The molecule has 0 amide bonds. The Labute approximate surface area is 175 Å². The van der Waals surface area contributed by atoms with Gasteiger partial charge >= 0.3 is 11.9 Å². The smallest absolute Gasteiger partial charge is 0.360 e. The Morgan fingerprint density at radius 3 is 2.30 bits per heavy atom. The van der Waals surface area contributed by atoms with Gasteiger partial charge in [-0.15, -0.1) is 0 Å². The summed E-state index contributed by atoms with van der Waals surface area (Å²) in [7, 11) is 0. The fraction of sp³-hybridized carbons (Fsp3) is 0.261. The summed E-state index contributed by atoms with van der Waals surface area (Å²) < 4.78 is 15.8. The van der Waals surface area contributed by atoms with Gasteiger partial charge in [0.05, 0.1) is 12.3 Å². The quantitative estimate of drug-likeness (QED) is 0.570. The van der Waals surface area contributed by atoms with Gasteiger partial charge in [0.2, 0.25) is 0 Å². The summed E-state index contributed by atoms with van der Waals surface area (Å²) in [6.45, 7) is 6.91. The van der Waals surface area contributed by atoms with E-state index >= 15 is 0 Å². The van der Waals surface area contributed by atoms with Gasteiger partial charge in [-0.05, 0) is 37.3 Å². The molecule has 0 aliphatic carbocycles. The third-order valence-electron chi connectivity index (χ3n) is 3.89. The first-order chi connectivity index (χ1) is 14.5. The maximum atomic E-state index is 12.1. The fourth-order valence-corrected chi connectivity index (χ4v) is 2.65. The van der Waals surface area contributed by atoms with Gasteiger partial charge in [-0.2, -0.15) is 0 Å². The van der Waals surface area contributed by atoms with Gasteiger partial charge in [0.25, 0.3) is 0 Å². The van der Waals surface area contributed by atoms with Crippen molar-refractivity contribution in [2.24, 2.45) is 0 Å². The minimum absolute atomic E-state index is 0.140. The zero-order valence-corrected chi connectivity index (χ0v) is 17.5. The molecule has 0 fully saturated rings. The Bertz CT molecular complexity index is 1020. The van der Waals surface area contributed by atoms with E-state index in [-0.39, 0.29) is 24.7 Å². The molecule has 7 heteroatoms. The van der Waals surface area contributed by atoms with Crippen LogP contribution in [0.3, 0.4) is 0 Å². The van der Waals surface area contributed by atoms with E-state index in [2.05, 4.69) is 4.98 Å². The number of ether oxygens (including phenoxy) is 3. The molecule has 7 nitrogen and oxygen atoms in total. The summed E-state index contributed by atoms with van der Waals surface area (Å²) in [4.78, 5) is 27.5. The molecular weight excluding hydrogens is 386 g/mol. The van der Waals surface area contributed by atoms with Crippen LogP contribution in [0.1, 0.15) is 43.9 Å². The Morgan fingerprint density at radius 2 is 1.67 bits per heavy atom. The molecule has 0 unspecified atom stereocenters. The molecule has 1 heterocycles. The highest BCUT2D eigenvalue weighted by atomic mass is 16.5. The van der Waals surface area contributed by atoms with Crippen LogP contribution in [0.2, 0.25) is 0 Å². The van der Waals surface area contributed by atoms with Gasteiger partial charge < -0.3 is 19.3 Å². The average Bonchev–Trinajstić information content (AvgIpc) is 2.75. The van der Waals surface area contributed by atoms with Crippen LogP contribution in [0.15, 0.2) is 48.5 Å². The number of hydrogen-bond acceptors (Lipinski definition) is 7. The molecule has 30 heavy (non-hydrogen) atoms. The summed E-state index contributed by atoms with van der Waals surface area (Å²) in [5.74, 6) is -0.393. The maximum Gasteiger partial charge on any atom is 0.360 e. The van der Waals surface area contributed by atoms with Crippen LogP contribution in [0.25, 0.3) is 10.8 Å². The lowest BCUT2D eigenvalue weighted by Crippen LogP contribution is -2.11. The molecule has 158 valence electrons. The van der Waals surface area contributed by atoms with Gasteiger partial charge in [0.15, 0.2) is 11.4 Å². The number of aromatic nitrogens is 1. The van der Waals surface area contributed by atoms with Gasteiger partial charge in [0, 0.05) is 17.7 Å². The molecular formula is C23H25NO6. The van der Waals surface area contributed by atoms with Crippen molar-refractivity contribution in [1.29, 1.82) is 0 Å². The number of hydrogen-bond donors (Lipinski definition) is 1. The first-order valence-corrected chi connectivity index (χ1v) is 9.68. The molecule has 0 saturated heterocycles. The number of fused-ring (bicyclic) bond motifs is 1. The maximum absolute atomic E-state index is 12.1. The lowest BCUT2D eigenvalue weighted by Gasteiger charge is -2.13. The highest BCUT2D eigenvalue weighted by Crippen LogP contribution is 2.34. The molecule has 3 rings (SSSR count). The molecule has 0 spiro atoms. The van der Waals surface area contributed by atoms with Crippen LogP contribution in [0.4, 0.5) is 0 Å². The third kappa shape index (κ3) is 5.47. The van der Waals surface area contributed by atoms with Crippen LogP contribution in [-0.2, 0) is 20.9 Å². The molecule has 0 radical (unpaired) electrons. The van der Waals surface area contributed by atoms with E-state index in [1.54, 1.807) is 25.1 Å². The van der Waals surface area contributed by atoms with E-state index in [9.17, 15) is 14.7 Å². The van der Waals surface area contributed by atoms with Crippen molar-refractivity contribution in [2.45, 2.75) is 34.3 Å². The van der Waals surface area contributed by atoms with E-state index in [4.69, 9.17) is 14.2 Å². The van der Waals surface area contributed by atoms with Crippen LogP contribution in [-0.4, -0.2) is 28.6 Å². The van der Waals surface area contributed by atoms with E-state index in [1.165, 1.54) is 6.92 Å². The summed E-state index contributed by atoms with van der Waals surface area (Å²) in [5, 5.41) is 11.4. The number of para-hydroxylation sites is 1. The predicted octanol–water partition coefficient (Wildman–Crippen LogP) is 5.00. The van der Waals surface area contributed by atoms with E-state index in [0.717, 1.165) is 0 Å². The number of aromatic hydroxyl groups is 1. The largest absolute Gasteiger partial charge is 0.505 e. The second-order valence-corrected chi connectivity index (χ2v) is 5.88. The van der Waals surface area contributed by atoms with Crippen LogP contribution < -0.4 is 4.74 Å². The SMILES string of the molecule is CC.CCOC(=O)c1nc(COC(C)=O)c2cc(Oc3ccccc3)ccc2c1O. The normalized spacial score (nSPS) is 10.0. The first kappa shape index (κ1) is 22.7. The van der Waals surface area contributed by atoms with Gasteiger partial charge in [-0.3, -0.25) is 4.79 Å². The number of pyridine rings is 1. The zero-order chi connectivity index (χ0) is 22.1. The third-order valence-corrected chi connectivity index (χ3v) is 3.89. The topological polar surface area (TPSA) is 95.0 Å². The molecule has 0 atom stereocenters. The van der Waals surface area contributed by atoms with Crippen molar-refractivity contribution in [3.05, 3.63) is 59.9 Å². The molecule has 1 N–H and O–H groups in total. The fourth-order valence-electron chi connectivity index (χ4n) is 2.65. The van der Waals surface area contributed by atoms with Crippen molar-refractivity contribution in [3.8, 4) is 17.2 Å². The molecule has 0 aliphatic heterocycles. The molecule has 0 bridgehead atoms. The van der Waals surface area contributed by atoms with Crippen molar-refractivity contribution in [1.82, 2.24) is 4.98 Å². The van der Waals surface area contributed by atoms with Crippen molar-refractivity contribution in [2.75, 3.05) is 6.61 Å². The van der Waals surface area contributed by atoms with E-state index in [0.29, 0.717) is 28.0 Å². The van der Waals surface area contributed by atoms with Crippen molar-refractivity contribution >= 4 is 22.7 Å². The highest BCUT2D eigenvalue weighted by Gasteiger charge is 2.21. The monoisotopic (exact) mass is 411 g/mol. The first-order valence-electron chi connectivity index (χ1n) is 9.68. The Balaban J connectivity index is 0.00000155. The molecule has 2 aromatic carbocycles. The summed E-state index contributed by atoms with van der Waals surface area (Å²) in [6.07, 6.45) is 0. The second kappa shape index (κ2) is 10.8. The number of nitrogens with zero attached hydrogens (tertiary/aromatic N) is 1. The standard InChI is InChI=1S/C21H19NO6.C2H6/c1-3-26-21(25)19-20(24)16-10-9-15(28-14-7-5-4-6-8-14)11-17(16)18(22-19)12-27-13(2)23;1-2/h4-11,24H,3,12H2,1-2H3;1-2H3. The second-order valence-electron chi connectivity index (χ2n) is 5.88. The molecule has 3 aromatic rings. The average molecular weight is 411 g/mol. The predicted molar refractivity (Wildman–Crippen MR) is 113 cm³/mol.